The van der Waals surface area contributed by atoms with Gasteiger partial charge in [0.15, 0.2) is 11.5 Å². The molecule has 6 rings (SSSR count). The molecular weight excluding hydrogens is 446 g/mol. The summed E-state index contributed by atoms with van der Waals surface area (Å²) in [5.41, 5.74) is 2.96. The maximum atomic E-state index is 14.0. The van der Waals surface area contributed by atoms with Gasteiger partial charge in [0.25, 0.3) is 0 Å². The van der Waals surface area contributed by atoms with E-state index in [1.807, 2.05) is 65.6 Å². The van der Waals surface area contributed by atoms with Gasteiger partial charge in [0.1, 0.15) is 31.0 Å². The Morgan fingerprint density at radius 2 is 1.60 bits per heavy atom. The van der Waals surface area contributed by atoms with Crippen molar-refractivity contribution in [3.63, 3.8) is 0 Å². The summed E-state index contributed by atoms with van der Waals surface area (Å²) < 4.78 is 18.6. The number of hydrogen-bond acceptors (Lipinski definition) is 4. The van der Waals surface area contributed by atoms with E-state index < -0.39 is 5.41 Å². The second-order valence-electron chi connectivity index (χ2n) is 7.72. The van der Waals surface area contributed by atoms with Crippen LogP contribution in [0.25, 0.3) is 0 Å². The van der Waals surface area contributed by atoms with Crippen molar-refractivity contribution in [3.8, 4) is 17.2 Å². The van der Waals surface area contributed by atoms with Crippen molar-refractivity contribution in [1.82, 2.24) is 0 Å². The van der Waals surface area contributed by atoms with Gasteiger partial charge in [-0.1, -0.05) is 46.3 Å². The molecule has 0 saturated carbocycles. The summed E-state index contributed by atoms with van der Waals surface area (Å²) in [4.78, 5) is 15.8. The highest BCUT2D eigenvalue weighted by atomic mass is 79.9. The predicted molar refractivity (Wildman–Crippen MR) is 115 cm³/mol. The van der Waals surface area contributed by atoms with Crippen molar-refractivity contribution in [2.24, 2.45) is 0 Å². The van der Waals surface area contributed by atoms with E-state index in [1.54, 1.807) is 0 Å². The molecule has 30 heavy (non-hydrogen) atoms. The van der Waals surface area contributed by atoms with Gasteiger partial charge in [0.05, 0.1) is 6.54 Å². The highest BCUT2D eigenvalue weighted by molar-refractivity contribution is 9.10. The summed E-state index contributed by atoms with van der Waals surface area (Å²) in [6.07, 6.45) is 0. The molecule has 1 amide bonds. The fraction of sp³-hybridized carbons (Fsp3) is 0.208. The number of para-hydroxylation sites is 1. The third-order valence-corrected chi connectivity index (χ3v) is 6.60. The van der Waals surface area contributed by atoms with Gasteiger partial charge in [-0.3, -0.25) is 4.79 Å². The quantitative estimate of drug-likeness (QED) is 0.563. The summed E-state index contributed by atoms with van der Waals surface area (Å²) in [5.74, 6) is 2.05. The van der Waals surface area contributed by atoms with Gasteiger partial charge in [-0.25, -0.2) is 0 Å². The molecule has 5 nitrogen and oxygen atoms in total. The second-order valence-corrected chi connectivity index (χ2v) is 8.64. The highest BCUT2D eigenvalue weighted by Gasteiger charge is 2.57. The van der Waals surface area contributed by atoms with Crippen molar-refractivity contribution in [2.75, 3.05) is 24.7 Å². The van der Waals surface area contributed by atoms with Crippen molar-refractivity contribution in [1.29, 1.82) is 0 Å². The first-order valence-corrected chi connectivity index (χ1v) is 10.7. The number of fused-ring (bicyclic) bond motifs is 5. The fourth-order valence-electron chi connectivity index (χ4n) is 4.64. The van der Waals surface area contributed by atoms with Crippen molar-refractivity contribution in [3.05, 3.63) is 81.8 Å². The molecule has 1 spiro atoms. The van der Waals surface area contributed by atoms with E-state index in [2.05, 4.69) is 15.9 Å². The molecule has 150 valence electrons. The van der Waals surface area contributed by atoms with Crippen molar-refractivity contribution >= 4 is 27.5 Å². The Morgan fingerprint density at radius 3 is 2.40 bits per heavy atom. The first-order valence-electron chi connectivity index (χ1n) is 9.90. The minimum atomic E-state index is -0.864. The van der Waals surface area contributed by atoms with E-state index in [9.17, 15) is 4.79 Å². The molecule has 0 aromatic heterocycles. The Bertz CT molecular complexity index is 1180. The molecule has 0 radical (unpaired) electrons. The maximum Gasteiger partial charge on any atom is 0.246 e. The zero-order valence-electron chi connectivity index (χ0n) is 16.1. The van der Waals surface area contributed by atoms with Crippen LogP contribution in [0.15, 0.2) is 65.1 Å². The standard InChI is InChI=1S/C24H18BrNO4/c25-16-7-5-15(6-8-16)13-26-19-4-2-1-3-17(19)24(23(26)27)14-30-20-12-22-21(11-18(20)24)28-9-10-29-22/h1-8,11-12H,9-10,13-14H2. The molecular formula is C24H18BrNO4. The normalized spacial score (nSPS) is 20.8. The average Bonchev–Trinajstić information content (AvgIpc) is 3.26. The largest absolute Gasteiger partial charge is 0.491 e. The lowest BCUT2D eigenvalue weighted by Crippen LogP contribution is -2.42. The van der Waals surface area contributed by atoms with Crippen LogP contribution in [0.5, 0.6) is 17.2 Å². The second kappa shape index (κ2) is 6.51. The van der Waals surface area contributed by atoms with Crippen LogP contribution in [0.2, 0.25) is 0 Å². The van der Waals surface area contributed by atoms with Crippen LogP contribution in [0.4, 0.5) is 5.69 Å². The van der Waals surface area contributed by atoms with Crippen LogP contribution in [-0.4, -0.2) is 25.7 Å². The maximum absolute atomic E-state index is 14.0. The van der Waals surface area contributed by atoms with E-state index in [4.69, 9.17) is 14.2 Å². The molecule has 0 fully saturated rings. The Hall–Kier alpha value is -2.99. The molecule has 0 saturated heterocycles. The molecule has 3 heterocycles. The van der Waals surface area contributed by atoms with Crippen LogP contribution in [0, 0.1) is 0 Å². The molecule has 1 atom stereocenters. The van der Waals surface area contributed by atoms with E-state index in [1.165, 1.54) is 0 Å². The number of halogens is 1. The van der Waals surface area contributed by atoms with Crippen LogP contribution < -0.4 is 19.1 Å². The summed E-state index contributed by atoms with van der Waals surface area (Å²) in [6.45, 7) is 1.79. The van der Waals surface area contributed by atoms with Crippen LogP contribution in [0.1, 0.15) is 16.7 Å². The van der Waals surface area contributed by atoms with E-state index >= 15 is 0 Å². The number of benzene rings is 3. The lowest BCUT2D eigenvalue weighted by Gasteiger charge is -2.24. The minimum Gasteiger partial charge on any atom is -0.491 e. The minimum absolute atomic E-state index is 0.0297. The summed E-state index contributed by atoms with van der Waals surface area (Å²) in [5, 5.41) is 0. The Balaban J connectivity index is 1.48. The monoisotopic (exact) mass is 463 g/mol. The molecule has 0 bridgehead atoms. The van der Waals surface area contributed by atoms with Crippen molar-refractivity contribution in [2.45, 2.75) is 12.0 Å². The molecule has 6 heteroatoms. The third kappa shape index (κ3) is 2.43. The smallest absolute Gasteiger partial charge is 0.246 e. The van der Waals surface area contributed by atoms with E-state index in [-0.39, 0.29) is 12.5 Å². The molecule has 3 aliphatic rings. The van der Waals surface area contributed by atoms with E-state index in [0.717, 1.165) is 26.9 Å². The van der Waals surface area contributed by atoms with Crippen LogP contribution >= 0.6 is 15.9 Å². The Kier molecular flexibility index (Phi) is 3.87. The van der Waals surface area contributed by atoms with Gasteiger partial charge in [0.2, 0.25) is 5.91 Å². The van der Waals surface area contributed by atoms with Gasteiger partial charge in [0, 0.05) is 21.8 Å². The zero-order valence-corrected chi connectivity index (χ0v) is 17.6. The zero-order chi connectivity index (χ0) is 20.3. The highest BCUT2D eigenvalue weighted by Crippen LogP contribution is 2.54. The number of carbonyl (C=O) groups is 1. The SMILES string of the molecule is O=C1N(Cc2ccc(Br)cc2)c2ccccc2C12COc1cc3c(cc12)OCCO3. The van der Waals surface area contributed by atoms with Gasteiger partial charge < -0.3 is 19.1 Å². The Morgan fingerprint density at radius 1 is 0.867 bits per heavy atom. The number of nitrogens with zero attached hydrogens (tertiary/aromatic N) is 1. The van der Waals surface area contributed by atoms with Gasteiger partial charge in [-0.2, -0.15) is 0 Å². The fourth-order valence-corrected chi connectivity index (χ4v) is 4.91. The molecule has 1 unspecified atom stereocenters. The number of amides is 1. The van der Waals surface area contributed by atoms with Crippen LogP contribution in [0.3, 0.4) is 0 Å². The molecule has 3 aromatic rings. The summed E-state index contributed by atoms with van der Waals surface area (Å²) >= 11 is 3.47. The first-order chi connectivity index (χ1) is 14.7. The van der Waals surface area contributed by atoms with Gasteiger partial charge in [-0.15, -0.1) is 0 Å². The van der Waals surface area contributed by atoms with Crippen LogP contribution in [-0.2, 0) is 16.8 Å². The number of rotatable bonds is 2. The third-order valence-electron chi connectivity index (χ3n) is 6.07. The summed E-state index contributed by atoms with van der Waals surface area (Å²) in [7, 11) is 0. The van der Waals surface area contributed by atoms with E-state index in [0.29, 0.717) is 37.0 Å². The van der Waals surface area contributed by atoms with Gasteiger partial charge in [-0.05, 0) is 35.4 Å². The number of ether oxygens (including phenoxy) is 3. The Labute approximate surface area is 182 Å². The predicted octanol–water partition coefficient (Wildman–Crippen LogP) is 4.45. The molecule has 3 aliphatic heterocycles. The lowest BCUT2D eigenvalue weighted by atomic mass is 9.77. The average molecular weight is 464 g/mol. The molecule has 0 N–H and O–H groups in total. The summed E-state index contributed by atoms with van der Waals surface area (Å²) in [6, 6.07) is 19.8. The molecule has 3 aromatic carbocycles. The van der Waals surface area contributed by atoms with Gasteiger partial charge >= 0.3 is 0 Å². The van der Waals surface area contributed by atoms with Crippen molar-refractivity contribution < 1.29 is 19.0 Å². The molecule has 0 aliphatic carbocycles. The topological polar surface area (TPSA) is 48.0 Å². The number of hydrogen-bond donors (Lipinski definition) is 0. The number of carbonyl (C=O) groups excluding carboxylic acids is 1. The number of anilines is 1. The first kappa shape index (κ1) is 17.8. The lowest BCUT2D eigenvalue weighted by molar-refractivity contribution is -0.122.